The fraction of sp³-hybridized carbons (Fsp3) is 0.231. The van der Waals surface area contributed by atoms with E-state index in [0.29, 0.717) is 37.5 Å². The first kappa shape index (κ1) is 15.4. The lowest BCUT2D eigenvalue weighted by Gasteiger charge is -2.12. The summed E-state index contributed by atoms with van der Waals surface area (Å²) in [6, 6.07) is 3.46. The summed E-state index contributed by atoms with van der Waals surface area (Å²) in [5.41, 5.74) is 1.44. The lowest BCUT2D eigenvalue weighted by Crippen LogP contribution is -1.97. The normalized spacial score (nSPS) is 10.5. The minimum atomic E-state index is 0.346. The van der Waals surface area contributed by atoms with Gasteiger partial charge in [-0.15, -0.1) is 0 Å². The largest absolute Gasteiger partial charge is 0.493 e. The third-order valence-corrected chi connectivity index (χ3v) is 4.40. The number of benzene rings is 1. The van der Waals surface area contributed by atoms with Crippen LogP contribution in [-0.4, -0.2) is 24.2 Å². The molecule has 0 radical (unpaired) electrons. The zero-order chi connectivity index (χ0) is 14.9. The highest BCUT2D eigenvalue weighted by atomic mass is 79.9. The Kier molecular flexibility index (Phi) is 4.73. The molecule has 0 amide bonds. The Bertz CT molecular complexity index is 642. The topological polar surface area (TPSA) is 44.2 Å². The van der Waals surface area contributed by atoms with Gasteiger partial charge < -0.3 is 9.47 Å². The van der Waals surface area contributed by atoms with Crippen molar-refractivity contribution in [3.63, 3.8) is 0 Å². The summed E-state index contributed by atoms with van der Waals surface area (Å²) in [6.45, 7) is 1.84. The molecular formula is C13H11BrCl2N2O2. The van der Waals surface area contributed by atoms with Gasteiger partial charge in [-0.05, 0) is 35.0 Å². The minimum absolute atomic E-state index is 0.346. The molecule has 0 N–H and O–H groups in total. The average molecular weight is 378 g/mol. The number of hydrogen-bond acceptors (Lipinski definition) is 4. The summed E-state index contributed by atoms with van der Waals surface area (Å²) in [5, 5.41) is 0.764. The molecule has 1 aromatic heterocycles. The first-order valence-electron chi connectivity index (χ1n) is 5.59. The molecule has 0 bridgehead atoms. The number of halogens is 3. The molecule has 1 heterocycles. The van der Waals surface area contributed by atoms with E-state index in [1.807, 2.05) is 6.92 Å². The van der Waals surface area contributed by atoms with Crippen LogP contribution in [0.4, 0.5) is 0 Å². The lowest BCUT2D eigenvalue weighted by atomic mass is 10.2. The molecule has 4 nitrogen and oxygen atoms in total. The Morgan fingerprint density at radius 1 is 1.10 bits per heavy atom. The van der Waals surface area contributed by atoms with Gasteiger partial charge in [0.05, 0.1) is 29.4 Å². The quantitative estimate of drug-likeness (QED) is 0.736. The Morgan fingerprint density at radius 2 is 1.80 bits per heavy atom. The molecule has 0 unspecified atom stereocenters. The van der Waals surface area contributed by atoms with E-state index in [-0.39, 0.29) is 0 Å². The van der Waals surface area contributed by atoms with Gasteiger partial charge in [-0.25, -0.2) is 9.97 Å². The molecule has 0 atom stereocenters. The Labute approximate surface area is 135 Å². The van der Waals surface area contributed by atoms with Gasteiger partial charge in [0, 0.05) is 5.56 Å². The van der Waals surface area contributed by atoms with E-state index in [2.05, 4.69) is 25.9 Å². The molecule has 106 valence electrons. The van der Waals surface area contributed by atoms with Gasteiger partial charge in [-0.2, -0.15) is 0 Å². The molecule has 0 saturated carbocycles. The van der Waals surface area contributed by atoms with Crippen molar-refractivity contribution in [2.75, 3.05) is 14.2 Å². The van der Waals surface area contributed by atoms with Crippen molar-refractivity contribution in [3.05, 3.63) is 32.5 Å². The molecule has 2 rings (SSSR count). The number of nitrogens with zero attached hydrogens (tertiary/aromatic N) is 2. The minimum Gasteiger partial charge on any atom is -0.493 e. The first-order valence-corrected chi connectivity index (χ1v) is 7.14. The van der Waals surface area contributed by atoms with Gasteiger partial charge in [-0.3, -0.25) is 0 Å². The predicted molar refractivity (Wildman–Crippen MR) is 83.0 cm³/mol. The fourth-order valence-electron chi connectivity index (χ4n) is 1.70. The number of aryl methyl sites for hydroxylation is 1. The molecule has 0 spiro atoms. The molecule has 0 fully saturated rings. The van der Waals surface area contributed by atoms with Gasteiger partial charge in [0.15, 0.2) is 17.3 Å². The van der Waals surface area contributed by atoms with Crippen molar-refractivity contribution in [2.24, 2.45) is 0 Å². The van der Waals surface area contributed by atoms with Gasteiger partial charge >= 0.3 is 0 Å². The van der Waals surface area contributed by atoms with Gasteiger partial charge in [0.2, 0.25) is 0 Å². The van der Waals surface area contributed by atoms with Crippen LogP contribution in [0.25, 0.3) is 11.4 Å². The van der Waals surface area contributed by atoms with E-state index in [9.17, 15) is 0 Å². The van der Waals surface area contributed by atoms with Crippen LogP contribution in [-0.2, 0) is 0 Å². The third-order valence-electron chi connectivity index (χ3n) is 2.67. The number of hydrogen-bond donors (Lipinski definition) is 0. The zero-order valence-corrected chi connectivity index (χ0v) is 14.1. The summed E-state index contributed by atoms with van der Waals surface area (Å²) in [4.78, 5) is 8.61. The van der Waals surface area contributed by atoms with Crippen LogP contribution in [0.5, 0.6) is 11.5 Å². The molecule has 1 aromatic carbocycles. The fourth-order valence-corrected chi connectivity index (χ4v) is 2.38. The van der Waals surface area contributed by atoms with Crippen LogP contribution >= 0.6 is 39.1 Å². The molecule has 7 heteroatoms. The smallest absolute Gasteiger partial charge is 0.179 e. The Morgan fingerprint density at radius 3 is 2.35 bits per heavy atom. The van der Waals surface area contributed by atoms with E-state index < -0.39 is 0 Å². The average Bonchev–Trinajstić information content (AvgIpc) is 2.43. The number of methoxy groups -OCH3 is 2. The van der Waals surface area contributed by atoms with E-state index in [1.54, 1.807) is 19.2 Å². The van der Waals surface area contributed by atoms with Crippen LogP contribution in [0.1, 0.15) is 5.69 Å². The van der Waals surface area contributed by atoms with Crippen LogP contribution in [0.2, 0.25) is 10.2 Å². The molecule has 0 saturated heterocycles. The van der Waals surface area contributed by atoms with Crippen molar-refractivity contribution in [3.8, 4) is 22.9 Å². The highest BCUT2D eigenvalue weighted by Crippen LogP contribution is 2.39. The van der Waals surface area contributed by atoms with Crippen molar-refractivity contribution < 1.29 is 9.47 Å². The number of aromatic nitrogens is 2. The summed E-state index contributed by atoms with van der Waals surface area (Å²) in [6.07, 6.45) is 0. The highest BCUT2D eigenvalue weighted by molar-refractivity contribution is 9.10. The molecule has 0 aliphatic rings. The number of ether oxygens (including phenoxy) is 2. The zero-order valence-electron chi connectivity index (χ0n) is 11.0. The Balaban J connectivity index is 2.62. The second-order valence-electron chi connectivity index (χ2n) is 3.93. The molecule has 0 aliphatic heterocycles. The summed E-state index contributed by atoms with van der Waals surface area (Å²) < 4.78 is 11.1. The van der Waals surface area contributed by atoms with Crippen LogP contribution in [0.3, 0.4) is 0 Å². The molecule has 0 aliphatic carbocycles. The Hall–Kier alpha value is -1.04. The third kappa shape index (κ3) is 2.85. The number of rotatable bonds is 3. The summed E-state index contributed by atoms with van der Waals surface area (Å²) in [7, 11) is 3.07. The van der Waals surface area contributed by atoms with Crippen molar-refractivity contribution in [2.45, 2.75) is 6.92 Å². The van der Waals surface area contributed by atoms with Crippen molar-refractivity contribution in [1.82, 2.24) is 9.97 Å². The maximum Gasteiger partial charge on any atom is 0.179 e. The van der Waals surface area contributed by atoms with Crippen molar-refractivity contribution in [1.29, 1.82) is 0 Å². The van der Waals surface area contributed by atoms with E-state index in [4.69, 9.17) is 32.7 Å². The van der Waals surface area contributed by atoms with E-state index in [0.717, 1.165) is 5.69 Å². The van der Waals surface area contributed by atoms with Crippen LogP contribution < -0.4 is 9.47 Å². The molecule has 20 heavy (non-hydrogen) atoms. The highest BCUT2D eigenvalue weighted by Gasteiger charge is 2.15. The standard InChI is InChI=1S/C13H11BrCl2N2O2/c1-6-10(14)12(16)18-13(17-6)7-4-8(15)11(20-3)9(5-7)19-2/h4-5H,1-3H3. The van der Waals surface area contributed by atoms with Crippen LogP contribution in [0, 0.1) is 6.92 Å². The van der Waals surface area contributed by atoms with Gasteiger partial charge in [0.1, 0.15) is 5.15 Å². The summed E-state index contributed by atoms with van der Waals surface area (Å²) in [5.74, 6) is 1.45. The maximum absolute atomic E-state index is 6.17. The van der Waals surface area contributed by atoms with E-state index >= 15 is 0 Å². The SMILES string of the molecule is COc1cc(-c2nc(C)c(Br)c(Cl)n2)cc(Cl)c1OC. The second kappa shape index (κ2) is 6.16. The van der Waals surface area contributed by atoms with Crippen molar-refractivity contribution >= 4 is 39.1 Å². The summed E-state index contributed by atoms with van der Waals surface area (Å²) >= 11 is 15.5. The second-order valence-corrected chi connectivity index (χ2v) is 5.49. The van der Waals surface area contributed by atoms with Crippen LogP contribution in [0.15, 0.2) is 16.6 Å². The van der Waals surface area contributed by atoms with Gasteiger partial charge in [-0.1, -0.05) is 23.2 Å². The monoisotopic (exact) mass is 376 g/mol. The first-order chi connectivity index (χ1) is 9.47. The predicted octanol–water partition coefficient (Wildman–Crippen LogP) is 4.54. The molecule has 2 aromatic rings. The molecular weight excluding hydrogens is 367 g/mol. The van der Waals surface area contributed by atoms with Gasteiger partial charge in [0.25, 0.3) is 0 Å². The lowest BCUT2D eigenvalue weighted by molar-refractivity contribution is 0.355. The van der Waals surface area contributed by atoms with E-state index in [1.165, 1.54) is 7.11 Å². The maximum atomic E-state index is 6.17.